The molecule has 1 aliphatic carbocycles. The molecular weight excluding hydrogens is 330 g/mol. The highest BCUT2D eigenvalue weighted by Gasteiger charge is 2.25. The number of piperazine rings is 1. The van der Waals surface area contributed by atoms with Gasteiger partial charge in [-0.3, -0.25) is 0 Å². The van der Waals surface area contributed by atoms with Crippen molar-refractivity contribution in [1.29, 1.82) is 0 Å². The summed E-state index contributed by atoms with van der Waals surface area (Å²) < 4.78 is 0. The SMILES string of the molecule is Nc1nc(N2CCN(OC(=O)NCC3CC3)CC2)c2ncsc2n1. The summed E-state index contributed by atoms with van der Waals surface area (Å²) in [4.78, 5) is 32.8. The van der Waals surface area contributed by atoms with Crippen LogP contribution in [-0.2, 0) is 4.84 Å². The number of rotatable bonds is 4. The van der Waals surface area contributed by atoms with Gasteiger partial charge in [-0.15, -0.1) is 16.4 Å². The number of amides is 1. The van der Waals surface area contributed by atoms with Crippen molar-refractivity contribution in [1.82, 2.24) is 25.3 Å². The first-order valence-corrected chi connectivity index (χ1v) is 8.89. The van der Waals surface area contributed by atoms with Crippen LogP contribution in [0.15, 0.2) is 5.51 Å². The number of nitrogens with one attached hydrogen (secondary N) is 1. The molecule has 1 saturated carbocycles. The highest BCUT2D eigenvalue weighted by Crippen LogP contribution is 2.28. The number of carbonyl (C=O) groups is 1. The molecule has 0 atom stereocenters. The molecule has 9 nitrogen and oxygen atoms in total. The van der Waals surface area contributed by atoms with Crippen LogP contribution in [0, 0.1) is 5.92 Å². The molecule has 0 radical (unpaired) electrons. The van der Waals surface area contributed by atoms with Crippen LogP contribution in [0.25, 0.3) is 10.3 Å². The predicted octanol–water partition coefficient (Wildman–Crippen LogP) is 0.842. The molecule has 2 aromatic heterocycles. The molecular formula is C14H19N7O2S. The number of fused-ring (bicyclic) bond motifs is 1. The van der Waals surface area contributed by atoms with E-state index in [1.54, 1.807) is 10.6 Å². The first-order chi connectivity index (χ1) is 11.7. The van der Waals surface area contributed by atoms with Gasteiger partial charge in [0, 0.05) is 19.6 Å². The minimum Gasteiger partial charge on any atom is -0.368 e. The van der Waals surface area contributed by atoms with Crippen LogP contribution < -0.4 is 16.0 Å². The van der Waals surface area contributed by atoms with Gasteiger partial charge >= 0.3 is 6.09 Å². The zero-order valence-corrected chi connectivity index (χ0v) is 14.0. The first kappa shape index (κ1) is 15.3. The summed E-state index contributed by atoms with van der Waals surface area (Å²) in [5.74, 6) is 1.63. The lowest BCUT2D eigenvalue weighted by atomic mass is 10.3. The fraction of sp³-hybridized carbons (Fsp3) is 0.571. The Hall–Kier alpha value is -2.20. The van der Waals surface area contributed by atoms with Crippen LogP contribution >= 0.6 is 11.3 Å². The van der Waals surface area contributed by atoms with Crippen molar-refractivity contribution in [2.24, 2.45) is 5.92 Å². The van der Waals surface area contributed by atoms with E-state index in [2.05, 4.69) is 25.2 Å². The quantitative estimate of drug-likeness (QED) is 0.836. The Labute approximate surface area is 142 Å². The average Bonchev–Trinajstić information content (AvgIpc) is 3.29. The Balaban J connectivity index is 1.35. The standard InChI is InChI=1S/C14H19N7O2S/c15-13-18-11(10-12(19-13)24-8-17-10)20-3-5-21(6-4-20)23-14(22)16-7-9-1-2-9/h8-9H,1-7H2,(H,16,22)(H2,15,18,19). The third-order valence-corrected chi connectivity index (χ3v) is 4.90. The van der Waals surface area contributed by atoms with Gasteiger partial charge < -0.3 is 20.8 Å². The van der Waals surface area contributed by atoms with E-state index in [9.17, 15) is 4.79 Å². The number of anilines is 2. The molecule has 24 heavy (non-hydrogen) atoms. The second kappa shape index (κ2) is 6.36. The van der Waals surface area contributed by atoms with Gasteiger partial charge in [-0.05, 0) is 18.8 Å². The fourth-order valence-electron chi connectivity index (χ4n) is 2.67. The number of nitrogens with zero attached hydrogens (tertiary/aromatic N) is 5. The molecule has 3 heterocycles. The van der Waals surface area contributed by atoms with Crippen molar-refractivity contribution in [3.05, 3.63) is 5.51 Å². The number of aromatic nitrogens is 3. The van der Waals surface area contributed by atoms with Crippen molar-refractivity contribution < 1.29 is 9.63 Å². The molecule has 0 spiro atoms. The van der Waals surface area contributed by atoms with Crippen LogP contribution in [0.4, 0.5) is 16.6 Å². The topological polar surface area (TPSA) is 110 Å². The number of nitrogens with two attached hydrogens (primary N) is 1. The molecule has 1 aliphatic heterocycles. The number of thiazole rings is 1. The molecule has 0 aromatic carbocycles. The maximum absolute atomic E-state index is 11.7. The summed E-state index contributed by atoms with van der Waals surface area (Å²) in [5, 5.41) is 4.48. The lowest BCUT2D eigenvalue weighted by molar-refractivity contribution is -0.102. The van der Waals surface area contributed by atoms with Crippen molar-refractivity contribution in [3.8, 4) is 0 Å². The normalized spacial score (nSPS) is 18.8. The summed E-state index contributed by atoms with van der Waals surface area (Å²) in [6.07, 6.45) is 2.03. The first-order valence-electron chi connectivity index (χ1n) is 8.01. The molecule has 4 rings (SSSR count). The Morgan fingerprint density at radius 3 is 2.88 bits per heavy atom. The van der Waals surface area contributed by atoms with Crippen molar-refractivity contribution in [3.63, 3.8) is 0 Å². The second-order valence-corrected chi connectivity index (χ2v) is 6.86. The minimum absolute atomic E-state index is 0.250. The van der Waals surface area contributed by atoms with E-state index in [-0.39, 0.29) is 12.0 Å². The van der Waals surface area contributed by atoms with Crippen LogP contribution in [0.1, 0.15) is 12.8 Å². The third kappa shape index (κ3) is 3.34. The molecule has 2 fully saturated rings. The van der Waals surface area contributed by atoms with E-state index < -0.39 is 0 Å². The highest BCUT2D eigenvalue weighted by molar-refractivity contribution is 7.16. The van der Waals surface area contributed by atoms with Crippen LogP contribution in [0.2, 0.25) is 0 Å². The summed E-state index contributed by atoms with van der Waals surface area (Å²) in [6, 6.07) is 0. The zero-order valence-electron chi connectivity index (χ0n) is 13.1. The number of hydroxylamine groups is 2. The molecule has 3 N–H and O–H groups in total. The maximum Gasteiger partial charge on any atom is 0.426 e. The van der Waals surface area contributed by atoms with Crippen LogP contribution in [-0.4, -0.2) is 58.8 Å². The fourth-order valence-corrected chi connectivity index (χ4v) is 3.33. The average molecular weight is 349 g/mol. The largest absolute Gasteiger partial charge is 0.426 e. The smallest absolute Gasteiger partial charge is 0.368 e. The van der Waals surface area contributed by atoms with Gasteiger partial charge in [0.1, 0.15) is 5.52 Å². The van der Waals surface area contributed by atoms with Gasteiger partial charge in [-0.1, -0.05) is 0 Å². The number of nitrogen functional groups attached to an aromatic ring is 1. The molecule has 0 unspecified atom stereocenters. The van der Waals surface area contributed by atoms with E-state index >= 15 is 0 Å². The third-order valence-electron chi connectivity index (χ3n) is 4.18. The molecule has 1 amide bonds. The molecule has 2 aliphatic rings. The van der Waals surface area contributed by atoms with E-state index in [0.29, 0.717) is 38.6 Å². The van der Waals surface area contributed by atoms with Crippen LogP contribution in [0.5, 0.6) is 0 Å². The second-order valence-electron chi connectivity index (χ2n) is 6.03. The van der Waals surface area contributed by atoms with E-state index in [1.165, 1.54) is 24.2 Å². The van der Waals surface area contributed by atoms with Gasteiger partial charge in [-0.25, -0.2) is 14.8 Å². The number of carbonyl (C=O) groups excluding carboxylic acids is 1. The van der Waals surface area contributed by atoms with Crippen molar-refractivity contribution in [2.75, 3.05) is 43.4 Å². The Bertz CT molecular complexity index is 740. The van der Waals surface area contributed by atoms with E-state index in [1.807, 2.05) is 0 Å². The monoisotopic (exact) mass is 349 g/mol. The van der Waals surface area contributed by atoms with Gasteiger partial charge in [0.25, 0.3) is 0 Å². The molecule has 2 aromatic rings. The highest BCUT2D eigenvalue weighted by atomic mass is 32.1. The van der Waals surface area contributed by atoms with E-state index in [4.69, 9.17) is 10.6 Å². The Morgan fingerprint density at radius 2 is 2.12 bits per heavy atom. The summed E-state index contributed by atoms with van der Waals surface area (Å²) in [7, 11) is 0. The summed E-state index contributed by atoms with van der Waals surface area (Å²) >= 11 is 1.44. The van der Waals surface area contributed by atoms with Crippen LogP contribution in [0.3, 0.4) is 0 Å². The lowest BCUT2D eigenvalue weighted by Crippen LogP contribution is -2.48. The molecule has 0 bridgehead atoms. The Kier molecular flexibility index (Phi) is 4.07. The summed E-state index contributed by atoms with van der Waals surface area (Å²) in [5.41, 5.74) is 8.30. The van der Waals surface area contributed by atoms with E-state index in [0.717, 1.165) is 16.2 Å². The zero-order chi connectivity index (χ0) is 16.5. The predicted molar refractivity (Wildman–Crippen MR) is 90.6 cm³/mol. The Morgan fingerprint density at radius 1 is 1.33 bits per heavy atom. The molecule has 128 valence electrons. The van der Waals surface area contributed by atoms with Gasteiger partial charge in [0.05, 0.1) is 18.6 Å². The number of hydrogen-bond donors (Lipinski definition) is 2. The van der Waals surface area contributed by atoms with Gasteiger partial charge in [0.2, 0.25) is 5.95 Å². The van der Waals surface area contributed by atoms with Crippen molar-refractivity contribution in [2.45, 2.75) is 12.8 Å². The van der Waals surface area contributed by atoms with Crippen molar-refractivity contribution >= 4 is 39.5 Å². The van der Waals surface area contributed by atoms with Gasteiger partial charge in [0.15, 0.2) is 10.6 Å². The minimum atomic E-state index is -0.372. The number of hydrogen-bond acceptors (Lipinski definition) is 9. The summed E-state index contributed by atoms with van der Waals surface area (Å²) in [6.45, 7) is 3.28. The lowest BCUT2D eigenvalue weighted by Gasteiger charge is -2.33. The maximum atomic E-state index is 11.7. The molecule has 1 saturated heterocycles. The van der Waals surface area contributed by atoms with Gasteiger partial charge in [-0.2, -0.15) is 4.98 Å². The molecule has 10 heteroatoms.